The van der Waals surface area contributed by atoms with E-state index in [1.807, 2.05) is 36.4 Å². The Labute approximate surface area is 328 Å². The molecule has 2 saturated carbocycles. The van der Waals surface area contributed by atoms with E-state index in [0.29, 0.717) is 68.1 Å². The molecule has 5 heterocycles. The fourth-order valence-electron chi connectivity index (χ4n) is 7.85. The van der Waals surface area contributed by atoms with Crippen molar-refractivity contribution in [3.8, 4) is 11.4 Å². The number of pyridine rings is 1. The third-order valence-electron chi connectivity index (χ3n) is 11.3. The Morgan fingerprint density at radius 3 is 2.64 bits per heavy atom. The van der Waals surface area contributed by atoms with Gasteiger partial charge in [0.05, 0.1) is 23.7 Å². The molecule has 8 rings (SSSR count). The molecule has 3 N–H and O–H groups in total. The van der Waals surface area contributed by atoms with Crippen LogP contribution in [0.25, 0.3) is 11.4 Å². The number of hydrogen-bond donors (Lipinski definition) is 3. The standard InChI is InChI=1S/C39H44FN7O7S2/c40-27-12-15-30(41-20-27)32-23-55-37(43-32)42-31-11-5-3-1-2-4-10-26-19-39(26,36(50)45-56(52,53)29-13-14-29)44-34(48)33-18-28(22-47(33)35(31)49)54-38(51)46-17-16-24-8-6-7-9-25(24)21-46/h4,6-10,12,15,20,23,26,28-29,31,33H,1-3,5,11,13-14,16-19,21-22H2,(H,42,43)(H,44,48)(H,45,50)/b10-4-/t26-,28+,31-,33-,39+/m0/s1. The molecule has 5 aliphatic rings. The smallest absolute Gasteiger partial charge is 0.410 e. The molecule has 2 aromatic heterocycles. The van der Waals surface area contributed by atoms with Crippen LogP contribution in [0.4, 0.5) is 14.3 Å². The van der Waals surface area contributed by atoms with Gasteiger partial charge in [-0.3, -0.25) is 24.1 Å². The number of nitrogens with zero attached hydrogens (tertiary/aromatic N) is 4. The summed E-state index contributed by atoms with van der Waals surface area (Å²) in [7, 11) is -3.90. The molecule has 0 bridgehead atoms. The minimum Gasteiger partial charge on any atom is -0.444 e. The lowest BCUT2D eigenvalue weighted by Crippen LogP contribution is -2.57. The largest absolute Gasteiger partial charge is 0.444 e. The van der Waals surface area contributed by atoms with Gasteiger partial charge in [0.1, 0.15) is 35.2 Å². The van der Waals surface area contributed by atoms with Gasteiger partial charge in [-0.05, 0) is 68.2 Å². The van der Waals surface area contributed by atoms with Gasteiger partial charge in [0.15, 0.2) is 5.13 Å². The van der Waals surface area contributed by atoms with Crippen LogP contribution in [0.15, 0.2) is 60.1 Å². The van der Waals surface area contributed by atoms with Gasteiger partial charge in [0.2, 0.25) is 21.8 Å². The highest BCUT2D eigenvalue weighted by molar-refractivity contribution is 7.91. The molecule has 0 radical (unpaired) electrons. The van der Waals surface area contributed by atoms with E-state index in [1.54, 1.807) is 10.3 Å². The van der Waals surface area contributed by atoms with Crippen LogP contribution in [0.1, 0.15) is 68.9 Å². The zero-order chi connectivity index (χ0) is 39.0. The second-order valence-electron chi connectivity index (χ2n) is 15.3. The van der Waals surface area contributed by atoms with Crippen molar-refractivity contribution >= 4 is 50.3 Å². The number of fused-ring (bicyclic) bond motifs is 3. The number of amides is 4. The minimum atomic E-state index is -3.90. The third-order valence-corrected chi connectivity index (χ3v) is 13.9. The van der Waals surface area contributed by atoms with E-state index in [1.165, 1.54) is 33.9 Å². The number of aromatic nitrogens is 2. The summed E-state index contributed by atoms with van der Waals surface area (Å²) in [5.41, 5.74) is 1.66. The number of benzene rings is 1. The molecule has 56 heavy (non-hydrogen) atoms. The van der Waals surface area contributed by atoms with Gasteiger partial charge >= 0.3 is 6.09 Å². The summed E-state index contributed by atoms with van der Waals surface area (Å²) >= 11 is 1.26. The normalized spacial score (nSPS) is 27.4. The maximum atomic E-state index is 14.7. The van der Waals surface area contributed by atoms with Crippen LogP contribution in [0.2, 0.25) is 0 Å². The van der Waals surface area contributed by atoms with Crippen molar-refractivity contribution in [1.82, 2.24) is 29.8 Å². The predicted octanol–water partition coefficient (Wildman–Crippen LogP) is 4.29. The summed E-state index contributed by atoms with van der Waals surface area (Å²) in [5.74, 6) is -2.74. The number of rotatable bonds is 7. The number of carbonyl (C=O) groups excluding carboxylic acids is 4. The predicted molar refractivity (Wildman–Crippen MR) is 205 cm³/mol. The summed E-state index contributed by atoms with van der Waals surface area (Å²) in [6.07, 6.45) is 8.77. The Morgan fingerprint density at radius 2 is 1.86 bits per heavy atom. The highest BCUT2D eigenvalue weighted by Crippen LogP contribution is 2.46. The lowest BCUT2D eigenvalue weighted by molar-refractivity contribution is -0.140. The summed E-state index contributed by atoms with van der Waals surface area (Å²) in [5, 5.41) is 7.71. The van der Waals surface area contributed by atoms with Gasteiger partial charge in [-0.1, -0.05) is 49.3 Å². The summed E-state index contributed by atoms with van der Waals surface area (Å²) in [6, 6.07) is 8.78. The van der Waals surface area contributed by atoms with E-state index in [2.05, 4.69) is 25.3 Å². The lowest BCUT2D eigenvalue weighted by Gasteiger charge is -2.30. The molecule has 4 amide bonds. The van der Waals surface area contributed by atoms with Gasteiger partial charge in [-0.25, -0.2) is 22.6 Å². The van der Waals surface area contributed by atoms with Crippen molar-refractivity contribution in [2.75, 3.05) is 18.4 Å². The molecule has 3 aromatic rings. The molecule has 1 aromatic carbocycles. The van der Waals surface area contributed by atoms with Crippen LogP contribution in [0.3, 0.4) is 0 Å². The number of allylic oxidation sites excluding steroid dienone is 1. The van der Waals surface area contributed by atoms with Crippen molar-refractivity contribution in [3.63, 3.8) is 0 Å². The van der Waals surface area contributed by atoms with Crippen LogP contribution in [0.5, 0.6) is 0 Å². The fraction of sp³-hybridized carbons (Fsp3) is 0.487. The van der Waals surface area contributed by atoms with Crippen LogP contribution < -0.4 is 15.4 Å². The van der Waals surface area contributed by atoms with Gasteiger partial charge in [0.25, 0.3) is 5.91 Å². The first-order valence-electron chi connectivity index (χ1n) is 19.2. The summed E-state index contributed by atoms with van der Waals surface area (Å²) in [4.78, 5) is 68.1. The number of ether oxygens (including phenoxy) is 1. The maximum Gasteiger partial charge on any atom is 0.410 e. The molecular weight excluding hydrogens is 762 g/mol. The first-order chi connectivity index (χ1) is 27.0. The highest BCUT2D eigenvalue weighted by atomic mass is 32.2. The number of carbonyl (C=O) groups is 4. The number of anilines is 1. The Morgan fingerprint density at radius 1 is 1.04 bits per heavy atom. The van der Waals surface area contributed by atoms with E-state index >= 15 is 0 Å². The van der Waals surface area contributed by atoms with Crippen LogP contribution in [-0.2, 0) is 42.1 Å². The molecule has 0 unspecified atom stereocenters. The van der Waals surface area contributed by atoms with Crippen molar-refractivity contribution < 1.29 is 36.7 Å². The van der Waals surface area contributed by atoms with Crippen LogP contribution in [-0.4, -0.2) is 94.1 Å². The Hall–Kier alpha value is -4.90. The molecule has 17 heteroatoms. The molecule has 5 atom stereocenters. The van der Waals surface area contributed by atoms with Gasteiger partial charge in [0, 0.05) is 30.8 Å². The molecule has 14 nitrogen and oxygen atoms in total. The van der Waals surface area contributed by atoms with Crippen molar-refractivity contribution in [2.45, 2.75) is 99.7 Å². The average molecular weight is 806 g/mol. The highest BCUT2D eigenvalue weighted by Gasteiger charge is 2.62. The SMILES string of the molecule is O=C1N[C@]2(C(=O)NS(=O)(=O)C3CC3)C[C@@H]2/C=C\CCCCC[C@H](Nc2nc(-c3ccc(F)cn3)cs2)C(=O)N2C[C@H](OC(=O)N3CCc4ccccc4C3)C[C@@H]12. The molecule has 2 aliphatic carbocycles. The van der Waals surface area contributed by atoms with Gasteiger partial charge < -0.3 is 25.2 Å². The quantitative estimate of drug-likeness (QED) is 0.292. The maximum absolute atomic E-state index is 14.7. The molecule has 0 spiro atoms. The van der Waals surface area contributed by atoms with E-state index < -0.39 is 74.5 Å². The number of nitrogens with one attached hydrogen (secondary N) is 3. The lowest BCUT2D eigenvalue weighted by atomic mass is 10.0. The zero-order valence-corrected chi connectivity index (χ0v) is 32.3. The van der Waals surface area contributed by atoms with Gasteiger partial charge in [-0.15, -0.1) is 11.3 Å². The second-order valence-corrected chi connectivity index (χ2v) is 18.1. The summed E-state index contributed by atoms with van der Waals surface area (Å²) in [6.45, 7) is 0.771. The molecule has 296 valence electrons. The number of thiazole rings is 1. The van der Waals surface area contributed by atoms with Crippen molar-refractivity contribution in [1.29, 1.82) is 0 Å². The van der Waals surface area contributed by atoms with Crippen molar-refractivity contribution in [3.05, 3.63) is 77.1 Å². The molecule has 1 saturated heterocycles. The van der Waals surface area contributed by atoms with Crippen LogP contribution in [0, 0.1) is 11.7 Å². The second kappa shape index (κ2) is 15.6. The fourth-order valence-corrected chi connectivity index (χ4v) is 9.97. The van der Waals surface area contributed by atoms with E-state index in [-0.39, 0.29) is 19.4 Å². The Kier molecular flexibility index (Phi) is 10.6. The monoisotopic (exact) mass is 805 g/mol. The number of halogens is 1. The topological polar surface area (TPSA) is 180 Å². The van der Waals surface area contributed by atoms with Crippen LogP contribution >= 0.6 is 11.3 Å². The number of sulfonamides is 1. The van der Waals surface area contributed by atoms with Gasteiger partial charge in [-0.2, -0.15) is 0 Å². The molecule has 3 aliphatic heterocycles. The average Bonchev–Trinajstić information content (AvgIpc) is 4.07. The van der Waals surface area contributed by atoms with E-state index in [9.17, 15) is 32.0 Å². The van der Waals surface area contributed by atoms with Crippen molar-refractivity contribution in [2.24, 2.45) is 5.92 Å². The Bertz CT molecular complexity index is 2140. The third kappa shape index (κ3) is 8.14. The first kappa shape index (κ1) is 38.0. The first-order valence-corrected chi connectivity index (χ1v) is 21.6. The summed E-state index contributed by atoms with van der Waals surface area (Å²) < 4.78 is 47.5. The van der Waals surface area contributed by atoms with E-state index in [0.717, 1.165) is 24.6 Å². The van der Waals surface area contributed by atoms with E-state index in [4.69, 9.17) is 4.74 Å². The molecular formula is C39H44FN7O7S2. The molecule has 3 fully saturated rings. The zero-order valence-electron chi connectivity index (χ0n) is 30.7. The Balaban J connectivity index is 1.05. The minimum absolute atomic E-state index is 0.0172. The number of hydrogen-bond acceptors (Lipinski definition) is 11.